The summed E-state index contributed by atoms with van der Waals surface area (Å²) in [5.74, 6) is -2.07. The molecule has 0 bridgehead atoms. The Morgan fingerprint density at radius 2 is 1.83 bits per heavy atom. The van der Waals surface area contributed by atoms with E-state index in [9.17, 15) is 19.7 Å². The van der Waals surface area contributed by atoms with Crippen molar-refractivity contribution in [2.75, 3.05) is 20.2 Å². The minimum absolute atomic E-state index is 0.137. The Morgan fingerprint density at radius 1 is 1.09 bits per heavy atom. The molecule has 0 aliphatic carbocycles. The van der Waals surface area contributed by atoms with E-state index in [2.05, 4.69) is 22.3 Å². The van der Waals surface area contributed by atoms with E-state index in [1.54, 1.807) is 6.07 Å². The Morgan fingerprint density at radius 3 is 2.54 bits per heavy atom. The first-order valence-electron chi connectivity index (χ1n) is 11.4. The van der Waals surface area contributed by atoms with Gasteiger partial charge >= 0.3 is 11.9 Å². The summed E-state index contributed by atoms with van der Waals surface area (Å²) in [4.78, 5) is 38.9. The van der Waals surface area contributed by atoms with Crippen molar-refractivity contribution < 1.29 is 24.0 Å². The Bertz CT molecular complexity index is 1160. The van der Waals surface area contributed by atoms with Crippen LogP contribution in [-0.2, 0) is 25.6 Å². The molecule has 9 nitrogen and oxygen atoms in total. The number of nitrogens with zero attached hydrogens (tertiary/aromatic N) is 2. The number of carbonyl (C=O) groups is 2. The minimum Gasteiger partial charge on any atom is -0.466 e. The molecule has 1 saturated heterocycles. The summed E-state index contributed by atoms with van der Waals surface area (Å²) in [6.07, 6.45) is 4.24. The van der Waals surface area contributed by atoms with Crippen LogP contribution in [0.15, 0.2) is 78.1 Å². The number of methoxy groups -OCH3 is 1. The van der Waals surface area contributed by atoms with Crippen LogP contribution in [-0.4, -0.2) is 48.1 Å². The van der Waals surface area contributed by atoms with Crippen LogP contribution in [0.5, 0.6) is 0 Å². The molecular formula is C26H27N3O6. The van der Waals surface area contributed by atoms with Gasteiger partial charge in [0.15, 0.2) is 0 Å². The Labute approximate surface area is 203 Å². The zero-order chi connectivity index (χ0) is 24.8. The molecule has 0 spiro atoms. The van der Waals surface area contributed by atoms with Crippen LogP contribution >= 0.6 is 0 Å². The fourth-order valence-corrected chi connectivity index (χ4v) is 4.52. The van der Waals surface area contributed by atoms with Crippen LogP contribution in [0.2, 0.25) is 0 Å². The molecule has 1 N–H and O–H groups in total. The van der Waals surface area contributed by atoms with Crippen LogP contribution in [0, 0.1) is 10.1 Å². The lowest BCUT2D eigenvalue weighted by Crippen LogP contribution is -2.40. The van der Waals surface area contributed by atoms with Gasteiger partial charge in [-0.2, -0.15) is 0 Å². The van der Waals surface area contributed by atoms with Crippen molar-refractivity contribution in [3.8, 4) is 0 Å². The second-order valence-corrected chi connectivity index (χ2v) is 8.53. The molecule has 0 unspecified atom stereocenters. The molecule has 9 heteroatoms. The first kappa shape index (κ1) is 24.2. The van der Waals surface area contributed by atoms with Crippen molar-refractivity contribution in [1.82, 2.24) is 10.2 Å². The lowest BCUT2D eigenvalue weighted by atomic mass is 9.83. The monoisotopic (exact) mass is 477 g/mol. The van der Waals surface area contributed by atoms with Crippen molar-refractivity contribution in [1.29, 1.82) is 0 Å². The van der Waals surface area contributed by atoms with Crippen molar-refractivity contribution in [2.45, 2.75) is 31.4 Å². The maximum absolute atomic E-state index is 13.3. The molecular weight excluding hydrogens is 450 g/mol. The molecule has 2 heterocycles. The number of esters is 2. The summed E-state index contributed by atoms with van der Waals surface area (Å²) < 4.78 is 10.8. The van der Waals surface area contributed by atoms with Crippen molar-refractivity contribution in [3.63, 3.8) is 0 Å². The fraction of sp³-hybridized carbons (Fsp3) is 0.308. The number of dihydropyridines is 1. The predicted molar refractivity (Wildman–Crippen MR) is 128 cm³/mol. The highest BCUT2D eigenvalue weighted by Crippen LogP contribution is 2.36. The Kier molecular flexibility index (Phi) is 7.57. The van der Waals surface area contributed by atoms with Gasteiger partial charge in [-0.15, -0.1) is 0 Å². The first-order chi connectivity index (χ1) is 17.0. The first-order valence-corrected chi connectivity index (χ1v) is 11.4. The molecule has 2 atom stereocenters. The maximum atomic E-state index is 13.3. The smallest absolute Gasteiger partial charge is 0.336 e. The summed E-state index contributed by atoms with van der Waals surface area (Å²) in [6, 6.07) is 16.0. The predicted octanol–water partition coefficient (Wildman–Crippen LogP) is 3.43. The SMILES string of the molecule is COC(=O)C1=CNC=C(C(=O)O[C@@H]2CCCN(Cc3ccccc3)C2)[C@@H]1c1cccc([N+](=O)[O-])c1. The second-order valence-electron chi connectivity index (χ2n) is 8.53. The van der Waals surface area contributed by atoms with Crippen molar-refractivity contribution >= 4 is 17.6 Å². The van der Waals surface area contributed by atoms with Crippen LogP contribution in [0.4, 0.5) is 5.69 Å². The number of hydrogen-bond donors (Lipinski definition) is 1. The lowest BCUT2D eigenvalue weighted by Gasteiger charge is -2.33. The van der Waals surface area contributed by atoms with Crippen molar-refractivity contribution in [2.24, 2.45) is 0 Å². The topological polar surface area (TPSA) is 111 Å². The summed E-state index contributed by atoms with van der Waals surface area (Å²) >= 11 is 0. The molecule has 2 aliphatic rings. The molecule has 4 rings (SSSR count). The average Bonchev–Trinajstić information content (AvgIpc) is 2.88. The second kappa shape index (κ2) is 11.0. The highest BCUT2D eigenvalue weighted by atomic mass is 16.6. The summed E-state index contributed by atoms with van der Waals surface area (Å²) in [5, 5.41) is 14.2. The number of nitro benzene ring substituents is 1. The van der Waals surface area contributed by atoms with Gasteiger partial charge in [-0.05, 0) is 30.5 Å². The highest BCUT2D eigenvalue weighted by molar-refractivity contribution is 5.98. The molecule has 0 radical (unpaired) electrons. The minimum atomic E-state index is -0.861. The van der Waals surface area contributed by atoms with Crippen molar-refractivity contribution in [3.05, 3.63) is 99.4 Å². The number of benzene rings is 2. The van der Waals surface area contributed by atoms with Gasteiger partial charge in [-0.1, -0.05) is 42.5 Å². The van der Waals surface area contributed by atoms with Gasteiger partial charge in [0.25, 0.3) is 5.69 Å². The van der Waals surface area contributed by atoms with Crippen LogP contribution in [0.3, 0.4) is 0 Å². The average molecular weight is 478 g/mol. The molecule has 1 fully saturated rings. The van der Waals surface area contributed by atoms with E-state index in [0.29, 0.717) is 12.1 Å². The Hall–Kier alpha value is -3.98. The molecule has 0 aromatic heterocycles. The van der Waals surface area contributed by atoms with Crippen LogP contribution in [0.1, 0.15) is 29.9 Å². The van der Waals surface area contributed by atoms with Gasteiger partial charge < -0.3 is 14.8 Å². The third kappa shape index (κ3) is 5.75. The van der Waals surface area contributed by atoms with Crippen LogP contribution in [0.25, 0.3) is 0 Å². The maximum Gasteiger partial charge on any atom is 0.336 e. The van der Waals surface area contributed by atoms with E-state index in [0.717, 1.165) is 25.9 Å². The zero-order valence-electron chi connectivity index (χ0n) is 19.4. The molecule has 2 aliphatic heterocycles. The number of nitrogens with one attached hydrogen (secondary N) is 1. The van der Waals surface area contributed by atoms with Gasteiger partial charge in [0.2, 0.25) is 0 Å². The lowest BCUT2D eigenvalue weighted by molar-refractivity contribution is -0.384. The molecule has 182 valence electrons. The van der Waals surface area contributed by atoms with E-state index in [4.69, 9.17) is 9.47 Å². The molecule has 0 saturated carbocycles. The van der Waals surface area contributed by atoms with E-state index < -0.39 is 22.8 Å². The molecule has 35 heavy (non-hydrogen) atoms. The quantitative estimate of drug-likeness (QED) is 0.367. The highest BCUT2D eigenvalue weighted by Gasteiger charge is 2.36. The van der Waals surface area contributed by atoms with Gasteiger partial charge in [0.05, 0.1) is 29.1 Å². The normalized spacial score (nSPS) is 20.1. The summed E-state index contributed by atoms with van der Waals surface area (Å²) in [7, 11) is 1.24. The standard InChI is InChI=1S/C26H27N3O6/c1-34-25(30)22-14-27-15-23(24(22)19-9-5-10-20(13-19)29(32)33)26(31)35-21-11-6-12-28(17-21)16-18-7-3-2-4-8-18/h2-5,7-10,13-15,21,24,27H,6,11-12,16-17H2,1H3/t21-,24-/m1/s1. The number of carbonyl (C=O) groups excluding carboxylic acids is 2. The van der Waals surface area contributed by atoms with Gasteiger partial charge in [-0.3, -0.25) is 15.0 Å². The number of nitro groups is 1. The molecule has 0 amide bonds. The van der Waals surface area contributed by atoms with E-state index in [1.165, 1.54) is 43.3 Å². The third-order valence-electron chi connectivity index (χ3n) is 6.16. The van der Waals surface area contributed by atoms with Crippen LogP contribution < -0.4 is 5.32 Å². The summed E-state index contributed by atoms with van der Waals surface area (Å²) in [6.45, 7) is 2.28. The number of rotatable bonds is 7. The number of ether oxygens (including phenoxy) is 2. The molecule has 2 aromatic rings. The van der Waals surface area contributed by atoms with E-state index >= 15 is 0 Å². The summed E-state index contributed by atoms with van der Waals surface area (Å²) in [5.41, 5.74) is 1.83. The van der Waals surface area contributed by atoms with E-state index in [1.807, 2.05) is 18.2 Å². The molecule has 2 aromatic carbocycles. The largest absolute Gasteiger partial charge is 0.466 e. The van der Waals surface area contributed by atoms with Gasteiger partial charge in [-0.25, -0.2) is 9.59 Å². The van der Waals surface area contributed by atoms with Gasteiger partial charge in [0, 0.05) is 37.6 Å². The van der Waals surface area contributed by atoms with E-state index in [-0.39, 0.29) is 22.9 Å². The zero-order valence-corrected chi connectivity index (χ0v) is 19.4. The number of piperidine rings is 1. The third-order valence-corrected chi connectivity index (χ3v) is 6.16. The fourth-order valence-electron chi connectivity index (χ4n) is 4.52. The number of hydrogen-bond acceptors (Lipinski definition) is 8. The number of likely N-dealkylation sites (tertiary alicyclic amines) is 1. The van der Waals surface area contributed by atoms with Gasteiger partial charge in [0.1, 0.15) is 6.10 Å². The number of non-ortho nitro benzene ring substituents is 1. The Balaban J connectivity index is 1.53.